The average molecular weight is 229 g/mol. The molecule has 0 aliphatic carbocycles. The Morgan fingerprint density at radius 3 is 2.50 bits per heavy atom. The van der Waals surface area contributed by atoms with E-state index in [9.17, 15) is 0 Å². The molecule has 0 bridgehead atoms. The van der Waals surface area contributed by atoms with E-state index in [4.69, 9.17) is 0 Å². The van der Waals surface area contributed by atoms with Gasteiger partial charge in [-0.2, -0.15) is 0 Å². The highest BCUT2D eigenvalue weighted by Crippen LogP contribution is 2.22. The third-order valence-corrected chi connectivity index (χ3v) is 2.77. The maximum Gasteiger partial charge on any atom is 0.115 e. The molecule has 0 amide bonds. The zero-order valence-electron chi connectivity index (χ0n) is 7.58. The summed E-state index contributed by atoms with van der Waals surface area (Å²) in [4.78, 5) is 8.73. The summed E-state index contributed by atoms with van der Waals surface area (Å²) in [6.45, 7) is 6.26. The van der Waals surface area contributed by atoms with Crippen molar-refractivity contribution in [2.45, 2.75) is 31.5 Å². The van der Waals surface area contributed by atoms with Gasteiger partial charge in [-0.05, 0) is 13.0 Å². The Morgan fingerprint density at radius 2 is 2.00 bits per heavy atom. The normalized spacial score (nSPS) is 15.7. The topological polar surface area (TPSA) is 25.8 Å². The number of alkyl halides is 1. The van der Waals surface area contributed by atoms with Gasteiger partial charge in [0.05, 0.1) is 0 Å². The first-order chi connectivity index (χ1) is 5.61. The Labute approximate surface area is 81.6 Å². The van der Waals surface area contributed by atoms with Crippen molar-refractivity contribution < 1.29 is 0 Å². The number of halogens is 1. The second kappa shape index (κ2) is 3.99. The van der Waals surface area contributed by atoms with Crippen LogP contribution in [-0.2, 0) is 0 Å². The first-order valence-electron chi connectivity index (χ1n) is 4.04. The summed E-state index contributed by atoms with van der Waals surface area (Å²) in [5.74, 6) is 0.437. The van der Waals surface area contributed by atoms with E-state index in [1.807, 2.05) is 13.0 Å². The molecule has 0 saturated heterocycles. The smallest absolute Gasteiger partial charge is 0.115 e. The third kappa shape index (κ3) is 2.27. The Hall–Kier alpha value is -0.440. The SMILES string of the molecule is Cc1cc(C(C)C(C)Br)ncn1. The number of hydrogen-bond acceptors (Lipinski definition) is 2. The van der Waals surface area contributed by atoms with Crippen LogP contribution in [-0.4, -0.2) is 14.8 Å². The van der Waals surface area contributed by atoms with E-state index >= 15 is 0 Å². The maximum absolute atomic E-state index is 4.22. The van der Waals surface area contributed by atoms with E-state index in [2.05, 4.69) is 39.7 Å². The summed E-state index contributed by atoms with van der Waals surface area (Å²) in [7, 11) is 0. The minimum absolute atomic E-state index is 0.437. The van der Waals surface area contributed by atoms with E-state index in [1.165, 1.54) is 0 Å². The van der Waals surface area contributed by atoms with Gasteiger partial charge < -0.3 is 0 Å². The first-order valence-corrected chi connectivity index (χ1v) is 4.95. The largest absolute Gasteiger partial charge is 0.242 e. The molecule has 0 spiro atoms. The van der Waals surface area contributed by atoms with Crippen molar-refractivity contribution in [2.24, 2.45) is 0 Å². The lowest BCUT2D eigenvalue weighted by Crippen LogP contribution is -2.07. The molecule has 0 saturated carbocycles. The van der Waals surface area contributed by atoms with Crippen molar-refractivity contribution in [1.29, 1.82) is 0 Å². The van der Waals surface area contributed by atoms with E-state index < -0.39 is 0 Å². The molecule has 0 aliphatic heterocycles. The van der Waals surface area contributed by atoms with Crippen LogP contribution in [0.25, 0.3) is 0 Å². The fourth-order valence-electron chi connectivity index (χ4n) is 0.959. The standard InChI is InChI=1S/C9H13BrN2/c1-6-4-9(12-5-11-6)7(2)8(3)10/h4-5,7-8H,1-3H3. The predicted molar refractivity (Wildman–Crippen MR) is 53.6 cm³/mol. The molecule has 3 heteroatoms. The molecule has 0 fully saturated rings. The van der Waals surface area contributed by atoms with Gasteiger partial charge >= 0.3 is 0 Å². The fourth-order valence-corrected chi connectivity index (χ4v) is 1.23. The minimum Gasteiger partial charge on any atom is -0.242 e. The number of nitrogens with zero attached hydrogens (tertiary/aromatic N) is 2. The molecule has 1 aromatic heterocycles. The van der Waals surface area contributed by atoms with Gasteiger partial charge in [0.1, 0.15) is 6.33 Å². The quantitative estimate of drug-likeness (QED) is 0.728. The zero-order valence-corrected chi connectivity index (χ0v) is 9.17. The van der Waals surface area contributed by atoms with Crippen LogP contribution in [0.4, 0.5) is 0 Å². The van der Waals surface area contributed by atoms with Crippen molar-refractivity contribution in [3.63, 3.8) is 0 Å². The lowest BCUT2D eigenvalue weighted by Gasteiger charge is -2.12. The van der Waals surface area contributed by atoms with Crippen LogP contribution in [0.3, 0.4) is 0 Å². The molecule has 1 heterocycles. The van der Waals surface area contributed by atoms with Crippen molar-refractivity contribution in [2.75, 3.05) is 0 Å². The number of aromatic nitrogens is 2. The van der Waals surface area contributed by atoms with E-state index in [0.717, 1.165) is 11.4 Å². The van der Waals surface area contributed by atoms with Gasteiger partial charge in [0.25, 0.3) is 0 Å². The first kappa shape index (κ1) is 9.65. The molecule has 2 unspecified atom stereocenters. The molecule has 12 heavy (non-hydrogen) atoms. The molecule has 2 atom stereocenters. The van der Waals surface area contributed by atoms with E-state index in [1.54, 1.807) is 6.33 Å². The van der Waals surface area contributed by atoms with Gasteiger partial charge in [0.2, 0.25) is 0 Å². The van der Waals surface area contributed by atoms with Gasteiger partial charge in [0.15, 0.2) is 0 Å². The van der Waals surface area contributed by atoms with Crippen LogP contribution in [0.5, 0.6) is 0 Å². The van der Waals surface area contributed by atoms with Crippen molar-refractivity contribution in [1.82, 2.24) is 9.97 Å². The number of aryl methyl sites for hydroxylation is 1. The minimum atomic E-state index is 0.437. The lowest BCUT2D eigenvalue weighted by molar-refractivity contribution is 0.726. The predicted octanol–water partition coefficient (Wildman–Crippen LogP) is 2.67. The Balaban J connectivity index is 2.88. The van der Waals surface area contributed by atoms with Crippen LogP contribution in [0.1, 0.15) is 31.2 Å². The summed E-state index contributed by atoms with van der Waals surface area (Å²) in [5, 5.41) is 0. The molecule has 0 radical (unpaired) electrons. The summed E-state index contributed by atoms with van der Waals surface area (Å²) in [6, 6.07) is 2.03. The fraction of sp³-hybridized carbons (Fsp3) is 0.556. The van der Waals surface area contributed by atoms with Gasteiger partial charge in [-0.15, -0.1) is 0 Å². The van der Waals surface area contributed by atoms with Crippen LogP contribution in [0, 0.1) is 6.92 Å². The average Bonchev–Trinajstić information content (AvgIpc) is 2.03. The summed E-state index contributed by atoms with van der Waals surface area (Å²) in [5.41, 5.74) is 2.13. The second-order valence-corrected chi connectivity index (χ2v) is 4.49. The highest BCUT2D eigenvalue weighted by Gasteiger charge is 2.12. The van der Waals surface area contributed by atoms with E-state index in [-0.39, 0.29) is 0 Å². The van der Waals surface area contributed by atoms with E-state index in [0.29, 0.717) is 10.7 Å². The number of rotatable bonds is 2. The van der Waals surface area contributed by atoms with Gasteiger partial charge in [-0.1, -0.05) is 29.8 Å². The summed E-state index contributed by atoms with van der Waals surface area (Å²) < 4.78 is 0. The Morgan fingerprint density at radius 1 is 1.33 bits per heavy atom. The Bertz CT molecular complexity index is 260. The van der Waals surface area contributed by atoms with Gasteiger partial charge in [-0.3, -0.25) is 0 Å². The lowest BCUT2D eigenvalue weighted by atomic mass is 10.0. The van der Waals surface area contributed by atoms with Crippen molar-refractivity contribution in [3.8, 4) is 0 Å². The molecule has 1 aromatic rings. The molecular formula is C9H13BrN2. The molecule has 66 valence electrons. The molecular weight excluding hydrogens is 216 g/mol. The zero-order chi connectivity index (χ0) is 9.14. The monoisotopic (exact) mass is 228 g/mol. The molecule has 0 aromatic carbocycles. The highest BCUT2D eigenvalue weighted by molar-refractivity contribution is 9.09. The van der Waals surface area contributed by atoms with Gasteiger partial charge in [0, 0.05) is 22.1 Å². The van der Waals surface area contributed by atoms with Crippen LogP contribution < -0.4 is 0 Å². The molecule has 0 N–H and O–H groups in total. The summed E-state index contributed by atoms with van der Waals surface area (Å²) >= 11 is 3.54. The third-order valence-electron chi connectivity index (χ3n) is 1.98. The second-order valence-electron chi connectivity index (χ2n) is 3.05. The Kier molecular flexibility index (Phi) is 3.20. The highest BCUT2D eigenvalue weighted by atomic mass is 79.9. The number of hydrogen-bond donors (Lipinski definition) is 0. The van der Waals surface area contributed by atoms with Gasteiger partial charge in [-0.25, -0.2) is 9.97 Å². The van der Waals surface area contributed by atoms with Crippen LogP contribution in [0.15, 0.2) is 12.4 Å². The maximum atomic E-state index is 4.22. The molecule has 1 rings (SSSR count). The van der Waals surface area contributed by atoms with Crippen LogP contribution >= 0.6 is 15.9 Å². The summed E-state index contributed by atoms with van der Waals surface area (Å²) in [6.07, 6.45) is 1.62. The van der Waals surface area contributed by atoms with Crippen molar-refractivity contribution >= 4 is 15.9 Å². The van der Waals surface area contributed by atoms with Crippen LogP contribution in [0.2, 0.25) is 0 Å². The molecule has 2 nitrogen and oxygen atoms in total. The van der Waals surface area contributed by atoms with Crippen molar-refractivity contribution in [3.05, 3.63) is 23.8 Å². The molecule has 0 aliphatic rings.